The summed E-state index contributed by atoms with van der Waals surface area (Å²) in [6.07, 6.45) is 3.85. The quantitative estimate of drug-likeness (QED) is 0.625. The fourth-order valence-electron chi connectivity index (χ4n) is 1.92. The van der Waals surface area contributed by atoms with Crippen molar-refractivity contribution in [3.8, 4) is 0 Å². The number of primary amides is 1. The molecule has 94 valence electrons. The molecule has 0 radical (unpaired) electrons. The molecule has 16 heavy (non-hydrogen) atoms. The summed E-state index contributed by atoms with van der Waals surface area (Å²) in [4.78, 5) is 13.6. The van der Waals surface area contributed by atoms with Crippen LogP contribution < -0.4 is 11.1 Å². The van der Waals surface area contributed by atoms with E-state index in [1.807, 2.05) is 13.8 Å². The molecule has 4 nitrogen and oxygen atoms in total. The van der Waals surface area contributed by atoms with Crippen LogP contribution in [0.4, 0.5) is 0 Å². The van der Waals surface area contributed by atoms with E-state index >= 15 is 0 Å². The highest BCUT2D eigenvalue weighted by atomic mass is 16.1. The van der Waals surface area contributed by atoms with Gasteiger partial charge in [-0.15, -0.1) is 0 Å². The standard InChI is InChI=1S/C12H25N3O/c1-12(2,11(13)16)10-14-6-5-9-15-7-3-4-8-15/h14H,3-10H2,1-2H3,(H2,13,16). The van der Waals surface area contributed by atoms with Gasteiger partial charge in [0, 0.05) is 6.54 Å². The lowest BCUT2D eigenvalue weighted by Gasteiger charge is -2.21. The highest BCUT2D eigenvalue weighted by molar-refractivity contribution is 5.80. The van der Waals surface area contributed by atoms with Crippen LogP contribution in [0.25, 0.3) is 0 Å². The fraction of sp³-hybridized carbons (Fsp3) is 0.917. The summed E-state index contributed by atoms with van der Waals surface area (Å²) in [5.74, 6) is -0.237. The Bertz CT molecular complexity index is 222. The van der Waals surface area contributed by atoms with Gasteiger partial charge in [0.2, 0.25) is 5.91 Å². The highest BCUT2D eigenvalue weighted by Crippen LogP contribution is 2.11. The number of carbonyl (C=O) groups excluding carboxylic acids is 1. The lowest BCUT2D eigenvalue weighted by molar-refractivity contribution is -0.125. The minimum absolute atomic E-state index is 0.237. The van der Waals surface area contributed by atoms with Crippen molar-refractivity contribution in [1.29, 1.82) is 0 Å². The molecule has 1 rings (SSSR count). The molecule has 0 saturated carbocycles. The second kappa shape index (κ2) is 6.21. The summed E-state index contributed by atoms with van der Waals surface area (Å²) in [6.45, 7) is 9.07. The van der Waals surface area contributed by atoms with E-state index in [1.165, 1.54) is 32.5 Å². The van der Waals surface area contributed by atoms with Crippen molar-refractivity contribution in [2.45, 2.75) is 33.1 Å². The van der Waals surface area contributed by atoms with E-state index < -0.39 is 5.41 Å². The summed E-state index contributed by atoms with van der Waals surface area (Å²) in [5, 5.41) is 3.30. The van der Waals surface area contributed by atoms with Crippen LogP contribution >= 0.6 is 0 Å². The molecule has 0 atom stereocenters. The zero-order valence-electron chi connectivity index (χ0n) is 10.6. The Morgan fingerprint density at radius 1 is 1.38 bits per heavy atom. The van der Waals surface area contributed by atoms with Crippen molar-refractivity contribution in [3.63, 3.8) is 0 Å². The van der Waals surface area contributed by atoms with Gasteiger partial charge in [-0.1, -0.05) is 0 Å². The Kier molecular flexibility index (Phi) is 5.22. The summed E-state index contributed by atoms with van der Waals surface area (Å²) in [6, 6.07) is 0. The van der Waals surface area contributed by atoms with E-state index in [-0.39, 0.29) is 5.91 Å². The van der Waals surface area contributed by atoms with Crippen molar-refractivity contribution in [1.82, 2.24) is 10.2 Å². The largest absolute Gasteiger partial charge is 0.369 e. The number of carbonyl (C=O) groups is 1. The van der Waals surface area contributed by atoms with Crippen LogP contribution in [0.2, 0.25) is 0 Å². The molecular formula is C12H25N3O. The summed E-state index contributed by atoms with van der Waals surface area (Å²) < 4.78 is 0. The molecule has 0 aromatic carbocycles. The molecule has 0 aromatic heterocycles. The van der Waals surface area contributed by atoms with Gasteiger partial charge in [0.05, 0.1) is 5.41 Å². The molecule has 1 heterocycles. The average Bonchev–Trinajstić information content (AvgIpc) is 2.69. The molecule has 0 aliphatic carbocycles. The maximum absolute atomic E-state index is 11.1. The Morgan fingerprint density at radius 3 is 2.56 bits per heavy atom. The molecule has 4 heteroatoms. The number of amides is 1. The first kappa shape index (κ1) is 13.5. The van der Waals surface area contributed by atoms with Gasteiger partial charge >= 0.3 is 0 Å². The van der Waals surface area contributed by atoms with Crippen molar-refractivity contribution < 1.29 is 4.79 Å². The number of nitrogens with two attached hydrogens (primary N) is 1. The molecule has 1 aliphatic rings. The van der Waals surface area contributed by atoms with Gasteiger partial charge in [-0.25, -0.2) is 0 Å². The van der Waals surface area contributed by atoms with E-state index in [4.69, 9.17) is 5.73 Å². The first-order chi connectivity index (χ1) is 7.52. The number of hydrogen-bond acceptors (Lipinski definition) is 3. The Morgan fingerprint density at radius 2 is 2.00 bits per heavy atom. The Hall–Kier alpha value is -0.610. The number of hydrogen-bond donors (Lipinski definition) is 2. The molecule has 0 aromatic rings. The molecule has 0 spiro atoms. The maximum Gasteiger partial charge on any atom is 0.224 e. The van der Waals surface area contributed by atoms with Crippen LogP contribution in [0.3, 0.4) is 0 Å². The third kappa shape index (κ3) is 4.49. The number of rotatable bonds is 7. The van der Waals surface area contributed by atoms with Gasteiger partial charge in [-0.05, 0) is 59.3 Å². The van der Waals surface area contributed by atoms with E-state index in [9.17, 15) is 4.79 Å². The number of likely N-dealkylation sites (tertiary alicyclic amines) is 1. The van der Waals surface area contributed by atoms with Crippen molar-refractivity contribution >= 4 is 5.91 Å². The van der Waals surface area contributed by atoms with E-state index in [0.29, 0.717) is 6.54 Å². The second-order valence-electron chi connectivity index (χ2n) is 5.33. The van der Waals surface area contributed by atoms with Crippen LogP contribution in [0.5, 0.6) is 0 Å². The van der Waals surface area contributed by atoms with Crippen LogP contribution in [0, 0.1) is 5.41 Å². The lowest BCUT2D eigenvalue weighted by atomic mass is 9.93. The van der Waals surface area contributed by atoms with Gasteiger partial charge < -0.3 is 16.0 Å². The summed E-state index contributed by atoms with van der Waals surface area (Å²) >= 11 is 0. The molecule has 1 saturated heterocycles. The van der Waals surface area contributed by atoms with E-state index in [0.717, 1.165) is 13.0 Å². The lowest BCUT2D eigenvalue weighted by Crippen LogP contribution is -2.41. The number of nitrogens with one attached hydrogen (secondary N) is 1. The summed E-state index contributed by atoms with van der Waals surface area (Å²) in [7, 11) is 0. The SMILES string of the molecule is CC(C)(CNCCCN1CCCC1)C(N)=O. The van der Waals surface area contributed by atoms with Crippen LogP contribution in [0.1, 0.15) is 33.1 Å². The average molecular weight is 227 g/mol. The second-order valence-corrected chi connectivity index (χ2v) is 5.33. The predicted molar refractivity (Wildman–Crippen MR) is 66.1 cm³/mol. The first-order valence-electron chi connectivity index (χ1n) is 6.25. The smallest absolute Gasteiger partial charge is 0.224 e. The van der Waals surface area contributed by atoms with Crippen LogP contribution in [-0.4, -0.2) is 43.5 Å². The number of nitrogens with zero attached hydrogens (tertiary/aromatic N) is 1. The molecule has 1 amide bonds. The van der Waals surface area contributed by atoms with Gasteiger partial charge in [0.15, 0.2) is 0 Å². The zero-order valence-corrected chi connectivity index (χ0v) is 10.6. The van der Waals surface area contributed by atoms with Gasteiger partial charge in [-0.3, -0.25) is 4.79 Å². The van der Waals surface area contributed by atoms with Gasteiger partial charge in [-0.2, -0.15) is 0 Å². The van der Waals surface area contributed by atoms with Gasteiger partial charge in [0.1, 0.15) is 0 Å². The predicted octanol–water partition coefficient (Wildman–Crippen LogP) is 0.573. The minimum Gasteiger partial charge on any atom is -0.369 e. The van der Waals surface area contributed by atoms with Crippen LogP contribution in [-0.2, 0) is 4.79 Å². The Balaban J connectivity index is 2.01. The highest BCUT2D eigenvalue weighted by Gasteiger charge is 2.23. The summed E-state index contributed by atoms with van der Waals surface area (Å²) in [5.41, 5.74) is 4.86. The molecule has 1 aliphatic heterocycles. The molecule has 3 N–H and O–H groups in total. The van der Waals surface area contributed by atoms with E-state index in [1.54, 1.807) is 0 Å². The van der Waals surface area contributed by atoms with Crippen molar-refractivity contribution in [3.05, 3.63) is 0 Å². The molecule has 0 bridgehead atoms. The molecule has 1 fully saturated rings. The molecule has 0 unspecified atom stereocenters. The topological polar surface area (TPSA) is 58.4 Å². The normalized spacial score (nSPS) is 17.9. The Labute approximate surface area is 98.6 Å². The van der Waals surface area contributed by atoms with E-state index in [2.05, 4.69) is 10.2 Å². The monoisotopic (exact) mass is 227 g/mol. The maximum atomic E-state index is 11.1. The first-order valence-corrected chi connectivity index (χ1v) is 6.25. The fourth-order valence-corrected chi connectivity index (χ4v) is 1.92. The molecular weight excluding hydrogens is 202 g/mol. The van der Waals surface area contributed by atoms with Crippen LogP contribution in [0.15, 0.2) is 0 Å². The minimum atomic E-state index is -0.437. The zero-order chi connectivity index (χ0) is 12.0. The van der Waals surface area contributed by atoms with Crippen molar-refractivity contribution in [2.75, 3.05) is 32.7 Å². The third-order valence-electron chi connectivity index (χ3n) is 3.26. The van der Waals surface area contributed by atoms with Gasteiger partial charge in [0.25, 0.3) is 0 Å². The van der Waals surface area contributed by atoms with Crippen molar-refractivity contribution in [2.24, 2.45) is 11.1 Å². The third-order valence-corrected chi connectivity index (χ3v) is 3.26.